The predicted octanol–water partition coefficient (Wildman–Crippen LogP) is 0.507. The first-order valence-electron chi connectivity index (χ1n) is 2.79. The summed E-state index contributed by atoms with van der Waals surface area (Å²) in [6.45, 7) is 2.97. The summed E-state index contributed by atoms with van der Waals surface area (Å²) in [5.41, 5.74) is 0. The second-order valence-electron chi connectivity index (χ2n) is 2.03. The van der Waals surface area contributed by atoms with Gasteiger partial charge in [0, 0.05) is 6.42 Å². The van der Waals surface area contributed by atoms with E-state index < -0.39 is 17.5 Å². The third-order valence-electron chi connectivity index (χ3n) is 0.821. The van der Waals surface area contributed by atoms with Gasteiger partial charge in [0.2, 0.25) is 0 Å². The van der Waals surface area contributed by atoms with E-state index >= 15 is 0 Å². The molecule has 4 nitrogen and oxygen atoms in total. The molecule has 10 heavy (non-hydrogen) atoms. The molecule has 0 aromatic rings. The van der Waals surface area contributed by atoms with Gasteiger partial charge in [-0.15, -0.1) is 0 Å². The quantitative estimate of drug-likeness (QED) is 0.618. The Bertz CT molecular complexity index is 129. The zero-order chi connectivity index (χ0) is 8.15. The van der Waals surface area contributed by atoms with Crippen LogP contribution in [0.2, 0.25) is 0 Å². The SMILES string of the molecule is CC(=O)CC(C)OS(=O)O. The van der Waals surface area contributed by atoms with Crippen molar-refractivity contribution >= 4 is 17.1 Å². The molecule has 0 aromatic carbocycles. The van der Waals surface area contributed by atoms with Crippen molar-refractivity contribution < 1.29 is 17.7 Å². The summed E-state index contributed by atoms with van der Waals surface area (Å²) in [6.07, 6.45) is -0.310. The van der Waals surface area contributed by atoms with Crippen LogP contribution in [0.1, 0.15) is 20.3 Å². The Labute approximate surface area is 62.1 Å². The smallest absolute Gasteiger partial charge is 0.300 e. The second kappa shape index (κ2) is 4.54. The third kappa shape index (κ3) is 5.87. The zero-order valence-electron chi connectivity index (χ0n) is 5.86. The molecule has 60 valence electrons. The molecule has 2 unspecified atom stereocenters. The van der Waals surface area contributed by atoms with Crippen molar-refractivity contribution in [2.75, 3.05) is 0 Å². The zero-order valence-corrected chi connectivity index (χ0v) is 6.68. The van der Waals surface area contributed by atoms with Gasteiger partial charge in [-0.25, -0.2) is 0 Å². The van der Waals surface area contributed by atoms with E-state index in [0.717, 1.165) is 0 Å². The lowest BCUT2D eigenvalue weighted by atomic mass is 10.2. The molecule has 0 fully saturated rings. The minimum atomic E-state index is -2.26. The molecule has 0 heterocycles. The molecule has 0 saturated carbocycles. The number of carbonyl (C=O) groups excluding carboxylic acids is 1. The van der Waals surface area contributed by atoms with E-state index in [1.807, 2.05) is 0 Å². The summed E-state index contributed by atoms with van der Waals surface area (Å²) >= 11 is -2.26. The van der Waals surface area contributed by atoms with Crippen LogP contribution in [-0.4, -0.2) is 20.6 Å². The molecule has 0 radical (unpaired) electrons. The molecule has 0 spiro atoms. The maximum atomic E-state index is 10.4. The maximum Gasteiger partial charge on any atom is 0.302 e. The van der Waals surface area contributed by atoms with Gasteiger partial charge in [-0.05, 0) is 13.8 Å². The highest BCUT2D eigenvalue weighted by Crippen LogP contribution is 1.98. The largest absolute Gasteiger partial charge is 0.302 e. The van der Waals surface area contributed by atoms with Gasteiger partial charge in [0.1, 0.15) is 5.78 Å². The maximum absolute atomic E-state index is 10.4. The number of carbonyl (C=O) groups is 1. The summed E-state index contributed by atoms with van der Waals surface area (Å²) in [6, 6.07) is 0. The van der Waals surface area contributed by atoms with Gasteiger partial charge in [-0.2, -0.15) is 4.21 Å². The molecule has 0 bridgehead atoms. The summed E-state index contributed by atoms with van der Waals surface area (Å²) in [5, 5.41) is 0. The van der Waals surface area contributed by atoms with Crippen molar-refractivity contribution in [3.8, 4) is 0 Å². The van der Waals surface area contributed by atoms with E-state index in [1.165, 1.54) is 6.92 Å². The lowest BCUT2D eigenvalue weighted by molar-refractivity contribution is -0.118. The molecule has 5 heteroatoms. The van der Waals surface area contributed by atoms with Crippen LogP contribution in [0, 0.1) is 0 Å². The lowest BCUT2D eigenvalue weighted by Gasteiger charge is -2.04. The normalized spacial score (nSPS) is 16.3. The van der Waals surface area contributed by atoms with Gasteiger partial charge >= 0.3 is 11.4 Å². The number of ketones is 1. The standard InChI is InChI=1S/C5H10O4S/c1-4(6)3-5(2)9-10(7)8/h5H,3H2,1-2H3,(H,7,8). The first-order valence-corrected chi connectivity index (χ1v) is 3.83. The molecular weight excluding hydrogens is 156 g/mol. The Morgan fingerprint density at radius 1 is 1.80 bits per heavy atom. The molecule has 1 N–H and O–H groups in total. The number of Topliss-reactive ketones (excluding diaryl/α,β-unsaturated/α-hetero) is 1. The van der Waals surface area contributed by atoms with Crippen LogP contribution in [0.5, 0.6) is 0 Å². The Morgan fingerprint density at radius 3 is 2.60 bits per heavy atom. The van der Waals surface area contributed by atoms with Crippen LogP contribution in [0.15, 0.2) is 0 Å². The van der Waals surface area contributed by atoms with E-state index in [9.17, 15) is 9.00 Å². The van der Waals surface area contributed by atoms with E-state index in [-0.39, 0.29) is 12.2 Å². The average Bonchev–Trinajstić information content (AvgIpc) is 1.58. The van der Waals surface area contributed by atoms with Crippen molar-refractivity contribution in [3.05, 3.63) is 0 Å². The summed E-state index contributed by atoms with van der Waals surface area (Å²) in [4.78, 5) is 10.4. The van der Waals surface area contributed by atoms with Crippen LogP contribution in [0.4, 0.5) is 0 Å². The average molecular weight is 166 g/mol. The second-order valence-corrected chi connectivity index (χ2v) is 2.66. The van der Waals surface area contributed by atoms with Gasteiger partial charge in [0.25, 0.3) is 0 Å². The van der Waals surface area contributed by atoms with Crippen molar-refractivity contribution in [1.29, 1.82) is 0 Å². The summed E-state index contributed by atoms with van der Waals surface area (Å²) in [7, 11) is 0. The van der Waals surface area contributed by atoms with Crippen molar-refractivity contribution in [3.63, 3.8) is 0 Å². The fourth-order valence-electron chi connectivity index (χ4n) is 0.579. The van der Waals surface area contributed by atoms with Crippen LogP contribution in [0.25, 0.3) is 0 Å². The lowest BCUT2D eigenvalue weighted by Crippen LogP contribution is -2.13. The molecule has 0 aromatic heterocycles. The van der Waals surface area contributed by atoms with E-state index in [1.54, 1.807) is 6.92 Å². The fraction of sp³-hybridized carbons (Fsp3) is 0.800. The molecule has 0 rings (SSSR count). The third-order valence-corrected chi connectivity index (χ3v) is 1.31. The molecule has 0 aliphatic heterocycles. The number of hydrogen-bond donors (Lipinski definition) is 1. The van der Waals surface area contributed by atoms with Crippen LogP contribution in [-0.2, 0) is 20.3 Å². The highest BCUT2D eigenvalue weighted by molar-refractivity contribution is 7.74. The van der Waals surface area contributed by atoms with E-state index in [2.05, 4.69) is 4.18 Å². The number of rotatable bonds is 4. The van der Waals surface area contributed by atoms with Crippen LogP contribution >= 0.6 is 0 Å². The Kier molecular flexibility index (Phi) is 4.42. The van der Waals surface area contributed by atoms with Crippen LogP contribution in [0.3, 0.4) is 0 Å². The Morgan fingerprint density at radius 2 is 2.30 bits per heavy atom. The summed E-state index contributed by atoms with van der Waals surface area (Å²) in [5.74, 6) is -0.0575. The van der Waals surface area contributed by atoms with Gasteiger partial charge in [-0.1, -0.05) is 0 Å². The molecule has 0 aliphatic rings. The topological polar surface area (TPSA) is 63.6 Å². The van der Waals surface area contributed by atoms with Gasteiger partial charge in [0.15, 0.2) is 0 Å². The Hall–Kier alpha value is -0.260. The van der Waals surface area contributed by atoms with Gasteiger partial charge in [0.05, 0.1) is 6.10 Å². The minimum absolute atomic E-state index is 0.0575. The highest BCUT2D eigenvalue weighted by Gasteiger charge is 2.07. The van der Waals surface area contributed by atoms with Crippen LogP contribution < -0.4 is 0 Å². The molecule has 0 aliphatic carbocycles. The first-order chi connectivity index (χ1) is 4.52. The van der Waals surface area contributed by atoms with Crippen molar-refractivity contribution in [1.82, 2.24) is 0 Å². The predicted molar refractivity (Wildman–Crippen MR) is 36.6 cm³/mol. The molecule has 0 saturated heterocycles. The molecule has 0 amide bonds. The van der Waals surface area contributed by atoms with Crippen molar-refractivity contribution in [2.24, 2.45) is 0 Å². The van der Waals surface area contributed by atoms with E-state index in [4.69, 9.17) is 4.55 Å². The monoisotopic (exact) mass is 166 g/mol. The van der Waals surface area contributed by atoms with Crippen molar-refractivity contribution in [2.45, 2.75) is 26.4 Å². The number of hydrogen-bond acceptors (Lipinski definition) is 3. The summed E-state index contributed by atoms with van der Waals surface area (Å²) < 4.78 is 22.5. The minimum Gasteiger partial charge on any atom is -0.300 e. The molecular formula is C5H10O4S. The first kappa shape index (κ1) is 9.74. The van der Waals surface area contributed by atoms with Gasteiger partial charge < -0.3 is 0 Å². The molecule has 2 atom stereocenters. The fourth-order valence-corrected chi connectivity index (χ4v) is 0.928. The van der Waals surface area contributed by atoms with Gasteiger partial charge in [-0.3, -0.25) is 13.5 Å². The highest BCUT2D eigenvalue weighted by atomic mass is 32.2. The van der Waals surface area contributed by atoms with E-state index in [0.29, 0.717) is 0 Å². The Balaban J connectivity index is 3.53.